The quantitative estimate of drug-likeness (QED) is 0.481. The number of hydrogen-bond acceptors (Lipinski definition) is 6. The van der Waals surface area contributed by atoms with Crippen LogP contribution < -0.4 is 4.90 Å². The number of amides is 2. The second kappa shape index (κ2) is 9.62. The molecule has 1 aromatic carbocycles. The average Bonchev–Trinajstić information content (AvgIpc) is 3.20. The lowest BCUT2D eigenvalue weighted by atomic mass is 9.74. The van der Waals surface area contributed by atoms with Gasteiger partial charge >= 0.3 is 5.97 Å². The molecule has 0 aliphatic carbocycles. The summed E-state index contributed by atoms with van der Waals surface area (Å²) in [6.07, 6.45) is 10.7. The minimum atomic E-state index is -0.957. The number of aryl methyl sites for hydroxylation is 2. The Bertz CT molecular complexity index is 1180. The number of carbonyl (C=O) groups is 3. The van der Waals surface area contributed by atoms with Crippen molar-refractivity contribution in [3.05, 3.63) is 53.6 Å². The van der Waals surface area contributed by atoms with Crippen LogP contribution >= 0.6 is 11.8 Å². The highest BCUT2D eigenvalue weighted by Gasteiger charge is 2.74. The van der Waals surface area contributed by atoms with Gasteiger partial charge in [-0.3, -0.25) is 14.4 Å². The molecule has 198 valence electrons. The number of carbonyl (C=O) groups excluding carboxylic acids is 3. The standard InChI is InChI=1S/C29H36N2O5S/c1-18-10-11-19(2)21(16-18)30-14-9-13-29-22(25(33)31(20(3)17-32)24(29)26(30)34)23-27(35)36-15-8-6-5-7-12-28(23,4)37-29/h7,9-13,16,20,22-24,32H,5-6,8,14-15,17H2,1-4H3/b12-7-/t20-,22+,23-,24?,28+,29+/m1/s1. The molecule has 1 unspecified atom stereocenters. The Kier molecular flexibility index (Phi) is 6.77. The van der Waals surface area contributed by atoms with Gasteiger partial charge in [-0.25, -0.2) is 0 Å². The molecule has 5 rings (SSSR count). The van der Waals surface area contributed by atoms with Crippen LogP contribution in [0.25, 0.3) is 0 Å². The van der Waals surface area contributed by atoms with E-state index < -0.39 is 33.4 Å². The van der Waals surface area contributed by atoms with Crippen LogP contribution in [-0.2, 0) is 19.1 Å². The number of fused-ring (bicyclic) bond motifs is 2. The average molecular weight is 525 g/mol. The molecule has 0 radical (unpaired) electrons. The molecular formula is C29H36N2O5S. The monoisotopic (exact) mass is 524 g/mol. The summed E-state index contributed by atoms with van der Waals surface area (Å²) in [7, 11) is 0. The van der Waals surface area contributed by atoms with Gasteiger partial charge in [0.05, 0.1) is 35.8 Å². The summed E-state index contributed by atoms with van der Waals surface area (Å²) < 4.78 is 4.04. The second-order valence-corrected chi connectivity index (χ2v) is 12.8. The molecular weight excluding hydrogens is 488 g/mol. The number of cyclic esters (lactones) is 1. The van der Waals surface area contributed by atoms with Gasteiger partial charge in [-0.1, -0.05) is 36.4 Å². The normalized spacial score (nSPS) is 35.4. The first-order valence-corrected chi connectivity index (χ1v) is 14.0. The SMILES string of the molecule is Cc1ccc(C)c(N2CC=C[C@]34S[C@@]5(C)/C=C\CCCCOC(=O)[C@H]5[C@H]3C(=O)N([C@H](C)CO)C4C2=O)c1. The van der Waals surface area contributed by atoms with Gasteiger partial charge < -0.3 is 19.6 Å². The minimum absolute atomic E-state index is 0.188. The fourth-order valence-electron chi connectivity index (χ4n) is 6.53. The van der Waals surface area contributed by atoms with Gasteiger partial charge in [-0.15, -0.1) is 11.8 Å². The lowest BCUT2D eigenvalue weighted by Crippen LogP contribution is -2.56. The summed E-state index contributed by atoms with van der Waals surface area (Å²) >= 11 is 1.53. The topological polar surface area (TPSA) is 87.2 Å². The molecule has 4 heterocycles. The number of anilines is 1. The number of likely N-dealkylation sites (tertiary alicyclic amines) is 1. The zero-order valence-electron chi connectivity index (χ0n) is 22.0. The summed E-state index contributed by atoms with van der Waals surface area (Å²) in [5.41, 5.74) is 2.82. The van der Waals surface area contributed by atoms with E-state index in [9.17, 15) is 19.5 Å². The summed E-state index contributed by atoms with van der Waals surface area (Å²) in [6.45, 7) is 8.13. The molecule has 0 bridgehead atoms. The predicted octanol–water partition coefficient (Wildman–Crippen LogP) is 3.56. The van der Waals surface area contributed by atoms with Crippen LogP contribution in [0, 0.1) is 25.7 Å². The van der Waals surface area contributed by atoms with Crippen molar-refractivity contribution in [2.45, 2.75) is 68.5 Å². The number of benzene rings is 1. The van der Waals surface area contributed by atoms with Gasteiger partial charge in [0, 0.05) is 17.0 Å². The lowest BCUT2D eigenvalue weighted by molar-refractivity contribution is -0.154. The van der Waals surface area contributed by atoms with E-state index in [1.165, 1.54) is 11.8 Å². The highest BCUT2D eigenvalue weighted by Crippen LogP contribution is 2.65. The smallest absolute Gasteiger partial charge is 0.311 e. The highest BCUT2D eigenvalue weighted by atomic mass is 32.2. The molecule has 37 heavy (non-hydrogen) atoms. The third kappa shape index (κ3) is 4.04. The Hall–Kier alpha value is -2.58. The zero-order valence-corrected chi connectivity index (χ0v) is 22.8. The van der Waals surface area contributed by atoms with Crippen LogP contribution in [0.4, 0.5) is 5.69 Å². The predicted molar refractivity (Wildman–Crippen MR) is 144 cm³/mol. The van der Waals surface area contributed by atoms with E-state index in [0.29, 0.717) is 13.2 Å². The summed E-state index contributed by atoms with van der Waals surface area (Å²) in [5, 5.41) is 10.1. The molecule has 0 aromatic heterocycles. The number of nitrogens with zero attached hydrogens (tertiary/aromatic N) is 2. The Morgan fingerprint density at radius 2 is 1.89 bits per heavy atom. The molecule has 7 nitrogen and oxygen atoms in total. The van der Waals surface area contributed by atoms with Crippen molar-refractivity contribution < 1.29 is 24.2 Å². The number of esters is 1. The van der Waals surface area contributed by atoms with E-state index in [2.05, 4.69) is 12.2 Å². The minimum Gasteiger partial charge on any atom is -0.465 e. The number of thioether (sulfide) groups is 1. The van der Waals surface area contributed by atoms with Crippen molar-refractivity contribution in [1.29, 1.82) is 0 Å². The van der Waals surface area contributed by atoms with Gasteiger partial charge in [0.1, 0.15) is 6.04 Å². The molecule has 2 amide bonds. The Labute approximate surface area is 222 Å². The van der Waals surface area contributed by atoms with Gasteiger partial charge in [-0.2, -0.15) is 0 Å². The highest BCUT2D eigenvalue weighted by molar-refractivity contribution is 8.02. The van der Waals surface area contributed by atoms with E-state index in [0.717, 1.165) is 36.1 Å². The lowest BCUT2D eigenvalue weighted by Gasteiger charge is -2.39. The van der Waals surface area contributed by atoms with Crippen LogP contribution in [0.15, 0.2) is 42.5 Å². The van der Waals surface area contributed by atoms with Crippen LogP contribution in [-0.4, -0.2) is 69.1 Å². The first-order chi connectivity index (χ1) is 17.6. The van der Waals surface area contributed by atoms with E-state index in [4.69, 9.17) is 4.74 Å². The summed E-state index contributed by atoms with van der Waals surface area (Å²) in [5.74, 6) is -2.34. The van der Waals surface area contributed by atoms with E-state index in [-0.39, 0.29) is 24.4 Å². The van der Waals surface area contributed by atoms with Crippen LogP contribution in [0.2, 0.25) is 0 Å². The fourth-order valence-corrected chi connectivity index (χ4v) is 8.67. The maximum atomic E-state index is 14.5. The third-order valence-electron chi connectivity index (χ3n) is 8.33. The molecule has 8 heteroatoms. The number of allylic oxidation sites excluding steroid dienone is 1. The molecule has 6 atom stereocenters. The van der Waals surface area contributed by atoms with Crippen molar-refractivity contribution in [3.8, 4) is 0 Å². The van der Waals surface area contributed by atoms with Crippen molar-refractivity contribution in [3.63, 3.8) is 0 Å². The number of aliphatic hydroxyl groups excluding tert-OH is 1. The third-order valence-corrected chi connectivity index (χ3v) is 10.1. The maximum Gasteiger partial charge on any atom is 0.311 e. The second-order valence-electron chi connectivity index (χ2n) is 11.0. The first-order valence-electron chi connectivity index (χ1n) is 13.2. The molecule has 1 aromatic rings. The zero-order chi connectivity index (χ0) is 26.5. The van der Waals surface area contributed by atoms with Crippen molar-refractivity contribution in [2.75, 3.05) is 24.7 Å². The molecule has 0 saturated carbocycles. The molecule has 4 aliphatic rings. The molecule has 1 spiro atoms. The van der Waals surface area contributed by atoms with Gasteiger partial charge in [0.25, 0.3) is 5.91 Å². The molecule has 2 saturated heterocycles. The molecule has 2 fully saturated rings. The van der Waals surface area contributed by atoms with Crippen molar-refractivity contribution in [1.82, 2.24) is 4.90 Å². The van der Waals surface area contributed by atoms with Crippen molar-refractivity contribution >= 4 is 35.2 Å². The van der Waals surface area contributed by atoms with Crippen LogP contribution in [0.1, 0.15) is 44.2 Å². The maximum absolute atomic E-state index is 14.5. The number of ether oxygens (including phenoxy) is 1. The number of hydrogen-bond donors (Lipinski definition) is 1. The fraction of sp³-hybridized carbons (Fsp3) is 0.552. The Morgan fingerprint density at radius 1 is 1.11 bits per heavy atom. The Balaban J connectivity index is 1.67. The van der Waals surface area contributed by atoms with Crippen LogP contribution in [0.3, 0.4) is 0 Å². The van der Waals surface area contributed by atoms with E-state index >= 15 is 0 Å². The van der Waals surface area contributed by atoms with Gasteiger partial charge in [-0.05, 0) is 64.2 Å². The Morgan fingerprint density at radius 3 is 2.65 bits per heavy atom. The van der Waals surface area contributed by atoms with Crippen molar-refractivity contribution in [2.24, 2.45) is 11.8 Å². The van der Waals surface area contributed by atoms with Crippen LogP contribution in [0.5, 0.6) is 0 Å². The van der Waals surface area contributed by atoms with Gasteiger partial charge in [0.15, 0.2) is 0 Å². The summed E-state index contributed by atoms with van der Waals surface area (Å²) in [6, 6.07) is 4.58. The number of rotatable bonds is 3. The van der Waals surface area contributed by atoms with E-state index in [1.807, 2.05) is 51.1 Å². The number of aliphatic hydroxyl groups is 1. The molecule has 1 N–H and O–H groups in total. The largest absolute Gasteiger partial charge is 0.465 e. The van der Waals surface area contributed by atoms with Gasteiger partial charge in [0.2, 0.25) is 5.91 Å². The summed E-state index contributed by atoms with van der Waals surface area (Å²) in [4.78, 5) is 45.6. The first kappa shape index (κ1) is 26.0. The molecule has 4 aliphatic heterocycles. The van der Waals surface area contributed by atoms with E-state index in [1.54, 1.807) is 16.7 Å².